The number of allylic oxidation sites excluding steroid dienone is 2. The molecule has 0 aliphatic heterocycles. The molecule has 0 bridgehead atoms. The van der Waals surface area contributed by atoms with Crippen LogP contribution in [0.15, 0.2) is 12.2 Å². The van der Waals surface area contributed by atoms with E-state index < -0.39 is 0 Å². The molecule has 1 aliphatic rings. The maximum Gasteiger partial charge on any atom is 0.113 e. The SMILES string of the molecule is [18F]CCO[C@H]1CCC=CCCC1. The first kappa shape index (κ1) is 9.72. The van der Waals surface area contributed by atoms with E-state index in [9.17, 15) is 4.39 Å². The lowest BCUT2D eigenvalue weighted by Gasteiger charge is -2.17. The summed E-state index contributed by atoms with van der Waals surface area (Å²) < 4.78 is 17.1. The number of halogens is 1. The summed E-state index contributed by atoms with van der Waals surface area (Å²) in [5.41, 5.74) is 0. The Kier molecular flexibility index (Phi) is 5.00. The highest BCUT2D eigenvalue weighted by molar-refractivity contribution is 4.85. The molecule has 0 unspecified atom stereocenters. The van der Waals surface area contributed by atoms with Gasteiger partial charge < -0.3 is 4.74 Å². The maximum atomic E-state index is 11.8. The first-order valence-corrected chi connectivity index (χ1v) is 4.76. The van der Waals surface area contributed by atoms with Crippen LogP contribution in [0, 0.1) is 0 Å². The van der Waals surface area contributed by atoms with Crippen molar-refractivity contribution in [2.24, 2.45) is 0 Å². The van der Waals surface area contributed by atoms with Crippen molar-refractivity contribution in [3.63, 3.8) is 0 Å². The lowest BCUT2D eigenvalue weighted by atomic mass is 10.0. The Balaban J connectivity index is 2.18. The quantitative estimate of drug-likeness (QED) is 0.593. The zero-order valence-electron chi connectivity index (χ0n) is 7.47. The number of hydrogen-bond donors (Lipinski definition) is 0. The minimum atomic E-state index is -0.355. The number of alkyl halides is 1. The van der Waals surface area contributed by atoms with Crippen molar-refractivity contribution in [1.82, 2.24) is 0 Å². The van der Waals surface area contributed by atoms with Crippen LogP contribution < -0.4 is 0 Å². The Morgan fingerprint density at radius 1 is 1.25 bits per heavy atom. The lowest BCUT2D eigenvalue weighted by Crippen LogP contribution is -2.15. The van der Waals surface area contributed by atoms with Gasteiger partial charge in [0.05, 0.1) is 12.7 Å². The minimum absolute atomic E-state index is 0.272. The van der Waals surface area contributed by atoms with Gasteiger partial charge in [0, 0.05) is 0 Å². The largest absolute Gasteiger partial charge is 0.375 e. The van der Waals surface area contributed by atoms with Gasteiger partial charge in [-0.2, -0.15) is 0 Å². The first-order chi connectivity index (χ1) is 5.93. The van der Waals surface area contributed by atoms with Crippen LogP contribution >= 0.6 is 0 Å². The fourth-order valence-electron chi connectivity index (χ4n) is 1.50. The number of ether oxygens (including phenoxy) is 1. The fourth-order valence-corrected chi connectivity index (χ4v) is 1.50. The smallest absolute Gasteiger partial charge is 0.113 e. The van der Waals surface area contributed by atoms with Crippen LogP contribution in [0.25, 0.3) is 0 Å². The zero-order chi connectivity index (χ0) is 8.65. The Labute approximate surface area is 73.6 Å². The van der Waals surface area contributed by atoms with Gasteiger partial charge in [-0.25, -0.2) is 4.39 Å². The summed E-state index contributed by atoms with van der Waals surface area (Å²) in [6, 6.07) is 0. The van der Waals surface area contributed by atoms with Crippen LogP contribution in [0.4, 0.5) is 4.39 Å². The van der Waals surface area contributed by atoms with E-state index in [-0.39, 0.29) is 13.3 Å². The normalized spacial score (nSPS) is 24.9. The van der Waals surface area contributed by atoms with Gasteiger partial charge in [-0.15, -0.1) is 0 Å². The molecule has 0 saturated heterocycles. The molecule has 0 amide bonds. The molecule has 1 rings (SSSR count). The third-order valence-electron chi connectivity index (χ3n) is 2.15. The third-order valence-corrected chi connectivity index (χ3v) is 2.15. The van der Waals surface area contributed by atoms with E-state index in [1.807, 2.05) is 0 Å². The summed E-state index contributed by atoms with van der Waals surface area (Å²) in [6.45, 7) is -0.0826. The van der Waals surface area contributed by atoms with Crippen LogP contribution in [0.3, 0.4) is 0 Å². The van der Waals surface area contributed by atoms with Crippen molar-refractivity contribution >= 4 is 0 Å². The molecular weight excluding hydrogens is 154 g/mol. The lowest BCUT2D eigenvalue weighted by molar-refractivity contribution is 0.0326. The summed E-state index contributed by atoms with van der Waals surface area (Å²) in [6.07, 6.45) is 10.3. The monoisotopic (exact) mass is 171 g/mol. The van der Waals surface area contributed by atoms with Gasteiger partial charge in [0.1, 0.15) is 6.67 Å². The van der Waals surface area contributed by atoms with E-state index >= 15 is 0 Å². The van der Waals surface area contributed by atoms with Crippen molar-refractivity contribution in [2.75, 3.05) is 13.3 Å². The van der Waals surface area contributed by atoms with Crippen LogP contribution in [-0.2, 0) is 4.74 Å². The Morgan fingerprint density at radius 2 is 2.08 bits per heavy atom. The van der Waals surface area contributed by atoms with E-state index in [0.717, 1.165) is 25.7 Å². The Bertz CT molecular complexity index is 134. The van der Waals surface area contributed by atoms with Crippen molar-refractivity contribution < 1.29 is 9.13 Å². The number of rotatable bonds is 3. The van der Waals surface area contributed by atoms with E-state index in [0.29, 0.717) is 6.10 Å². The fraction of sp³-hybridized carbons (Fsp3) is 0.800. The molecule has 1 atom stereocenters. The molecule has 0 spiro atoms. The molecule has 0 aromatic carbocycles. The van der Waals surface area contributed by atoms with Crippen molar-refractivity contribution in [3.8, 4) is 0 Å². The summed E-state index contributed by atoms with van der Waals surface area (Å²) in [5, 5.41) is 0. The molecule has 1 aliphatic carbocycles. The predicted molar refractivity (Wildman–Crippen MR) is 47.9 cm³/mol. The molecule has 0 aromatic rings. The van der Waals surface area contributed by atoms with Gasteiger partial charge in [0.25, 0.3) is 0 Å². The minimum Gasteiger partial charge on any atom is -0.375 e. The molecule has 2 heteroatoms. The molecule has 1 nitrogen and oxygen atoms in total. The second kappa shape index (κ2) is 6.18. The van der Waals surface area contributed by atoms with Gasteiger partial charge in [-0.3, -0.25) is 0 Å². The van der Waals surface area contributed by atoms with Crippen molar-refractivity contribution in [1.29, 1.82) is 0 Å². The van der Waals surface area contributed by atoms with Crippen LogP contribution in [-0.4, -0.2) is 19.4 Å². The Hall–Kier alpha value is -0.370. The average molecular weight is 171 g/mol. The van der Waals surface area contributed by atoms with Gasteiger partial charge in [0.15, 0.2) is 0 Å². The molecule has 12 heavy (non-hydrogen) atoms. The molecule has 0 N–H and O–H groups in total. The highest BCUT2D eigenvalue weighted by Crippen LogP contribution is 2.15. The molecule has 0 aromatic heterocycles. The van der Waals surface area contributed by atoms with E-state index in [1.54, 1.807) is 0 Å². The first-order valence-electron chi connectivity index (χ1n) is 4.76. The summed E-state index contributed by atoms with van der Waals surface area (Å²) >= 11 is 0. The van der Waals surface area contributed by atoms with Gasteiger partial charge in [-0.05, 0) is 32.1 Å². The summed E-state index contributed by atoms with van der Waals surface area (Å²) in [4.78, 5) is 0. The van der Waals surface area contributed by atoms with E-state index in [1.165, 1.54) is 6.42 Å². The second-order valence-corrected chi connectivity index (χ2v) is 3.16. The number of hydrogen-bond acceptors (Lipinski definition) is 1. The van der Waals surface area contributed by atoms with Gasteiger partial charge in [-0.1, -0.05) is 12.2 Å². The molecular formula is C10H17FO. The van der Waals surface area contributed by atoms with Crippen molar-refractivity contribution in [3.05, 3.63) is 12.2 Å². The highest BCUT2D eigenvalue weighted by atomic mass is 18.2. The van der Waals surface area contributed by atoms with Crippen molar-refractivity contribution in [2.45, 2.75) is 38.2 Å². The predicted octanol–water partition coefficient (Wildman–Crippen LogP) is 2.86. The summed E-state index contributed by atoms with van der Waals surface area (Å²) in [5.74, 6) is 0. The molecule has 0 saturated carbocycles. The van der Waals surface area contributed by atoms with E-state index in [4.69, 9.17) is 4.74 Å². The zero-order valence-corrected chi connectivity index (χ0v) is 7.47. The van der Waals surface area contributed by atoms with Gasteiger partial charge >= 0.3 is 0 Å². The molecule has 0 fully saturated rings. The topological polar surface area (TPSA) is 9.23 Å². The third kappa shape index (κ3) is 3.86. The Morgan fingerprint density at radius 3 is 2.92 bits per heavy atom. The average Bonchev–Trinajstić information content (AvgIpc) is 2.02. The van der Waals surface area contributed by atoms with Gasteiger partial charge in [0.2, 0.25) is 0 Å². The molecule has 0 heterocycles. The molecule has 0 radical (unpaired) electrons. The van der Waals surface area contributed by atoms with E-state index in [2.05, 4.69) is 12.2 Å². The maximum absolute atomic E-state index is 11.8. The van der Waals surface area contributed by atoms with Crippen LogP contribution in [0.1, 0.15) is 32.1 Å². The standard InChI is InChI=1S/C10H17FO/c11-8-9-12-10-6-4-2-1-3-5-7-10/h1-2,10H,3-9H2/t10-/m0/s1/i11-1. The highest BCUT2D eigenvalue weighted by Gasteiger charge is 2.08. The molecule has 70 valence electrons. The second-order valence-electron chi connectivity index (χ2n) is 3.16. The summed E-state index contributed by atoms with van der Waals surface area (Å²) in [7, 11) is 0. The van der Waals surface area contributed by atoms with Crippen LogP contribution in [0.5, 0.6) is 0 Å². The van der Waals surface area contributed by atoms with Crippen LogP contribution in [0.2, 0.25) is 0 Å².